The smallest absolute Gasteiger partial charge is 0.242 e. The third-order valence-corrected chi connectivity index (χ3v) is 6.78. The van der Waals surface area contributed by atoms with Crippen LogP contribution in [0.15, 0.2) is 23.2 Å². The van der Waals surface area contributed by atoms with Gasteiger partial charge in [0.05, 0.1) is 0 Å². The van der Waals surface area contributed by atoms with Crippen molar-refractivity contribution in [2.75, 3.05) is 26.0 Å². The van der Waals surface area contributed by atoms with E-state index in [1.54, 1.807) is 12.1 Å². The van der Waals surface area contributed by atoms with E-state index in [2.05, 4.69) is 34.0 Å². The Bertz CT molecular complexity index is 638. The predicted molar refractivity (Wildman–Crippen MR) is 102 cm³/mol. The van der Waals surface area contributed by atoms with E-state index in [1.807, 2.05) is 13.8 Å². The van der Waals surface area contributed by atoms with Crippen LogP contribution in [0.5, 0.6) is 0 Å². The first-order valence-electron chi connectivity index (χ1n) is 9.19. The van der Waals surface area contributed by atoms with Gasteiger partial charge in [-0.2, -0.15) is 0 Å². The van der Waals surface area contributed by atoms with Crippen molar-refractivity contribution >= 4 is 15.8 Å². The molecule has 1 aromatic rings. The minimum absolute atomic E-state index is 0.0740. The zero-order valence-corrected chi connectivity index (χ0v) is 16.7. The highest BCUT2D eigenvalue weighted by atomic mass is 32.2. The van der Waals surface area contributed by atoms with Crippen molar-refractivity contribution < 1.29 is 8.42 Å². The summed E-state index contributed by atoms with van der Waals surface area (Å²) in [5.41, 5.74) is 0.170. The van der Waals surface area contributed by atoms with E-state index >= 15 is 0 Å². The fourth-order valence-corrected chi connectivity index (χ4v) is 4.76. The molecule has 0 aliphatic heterocycles. The molecule has 2 N–H and O–H groups in total. The van der Waals surface area contributed by atoms with Crippen LogP contribution in [0.4, 0.5) is 5.82 Å². The Hall–Kier alpha value is -1.18. The zero-order valence-electron chi connectivity index (χ0n) is 15.9. The highest BCUT2D eigenvalue weighted by Crippen LogP contribution is 2.33. The van der Waals surface area contributed by atoms with Gasteiger partial charge in [-0.15, -0.1) is 0 Å². The standard InChI is InChI=1S/C18H32N4O2S/c1-5-8-15(2)21-25(23,24)16-9-10-17(19-13-16)20-14-18(22(3)4)11-6-7-12-18/h9-10,13,15,21H,5-8,11-12,14H2,1-4H3,(H,19,20). The maximum Gasteiger partial charge on any atom is 0.242 e. The number of nitrogens with one attached hydrogen (secondary N) is 2. The van der Waals surface area contributed by atoms with Gasteiger partial charge in [0.25, 0.3) is 0 Å². The number of hydrogen-bond acceptors (Lipinski definition) is 5. The quantitative estimate of drug-likeness (QED) is 0.701. The van der Waals surface area contributed by atoms with Crippen LogP contribution < -0.4 is 10.0 Å². The number of rotatable bonds is 9. The first kappa shape index (κ1) is 20.1. The molecule has 1 unspecified atom stereocenters. The molecule has 7 heteroatoms. The molecule has 0 aromatic carbocycles. The Labute approximate surface area is 152 Å². The summed E-state index contributed by atoms with van der Waals surface area (Å²) >= 11 is 0. The molecule has 0 bridgehead atoms. The molecule has 6 nitrogen and oxygen atoms in total. The predicted octanol–water partition coefficient (Wildman–Crippen LogP) is 2.83. The van der Waals surface area contributed by atoms with Gasteiger partial charge in [0.1, 0.15) is 10.7 Å². The van der Waals surface area contributed by atoms with Crippen LogP contribution in [0.25, 0.3) is 0 Å². The fourth-order valence-electron chi connectivity index (χ4n) is 3.54. The van der Waals surface area contributed by atoms with E-state index in [9.17, 15) is 8.42 Å². The van der Waals surface area contributed by atoms with Gasteiger partial charge in [-0.25, -0.2) is 18.1 Å². The molecule has 1 aliphatic rings. The second-order valence-corrected chi connectivity index (χ2v) is 9.08. The van der Waals surface area contributed by atoms with Crippen LogP contribution in [0.1, 0.15) is 52.4 Å². The highest BCUT2D eigenvalue weighted by Gasteiger charge is 2.35. The number of aromatic nitrogens is 1. The largest absolute Gasteiger partial charge is 0.368 e. The van der Waals surface area contributed by atoms with Crippen molar-refractivity contribution in [3.05, 3.63) is 18.3 Å². The number of likely N-dealkylation sites (N-methyl/N-ethyl adjacent to an activating group) is 1. The number of pyridine rings is 1. The van der Waals surface area contributed by atoms with Gasteiger partial charge in [0.15, 0.2) is 0 Å². The third-order valence-electron chi connectivity index (χ3n) is 5.21. The molecule has 0 amide bonds. The first-order chi connectivity index (χ1) is 11.8. The van der Waals surface area contributed by atoms with Gasteiger partial charge in [0, 0.05) is 24.3 Å². The molecule has 1 atom stereocenters. The Kier molecular flexibility index (Phi) is 6.82. The Balaban J connectivity index is 2.00. The van der Waals surface area contributed by atoms with E-state index < -0.39 is 10.0 Å². The van der Waals surface area contributed by atoms with E-state index in [-0.39, 0.29) is 16.5 Å². The number of nitrogens with zero attached hydrogens (tertiary/aromatic N) is 2. The van der Waals surface area contributed by atoms with Crippen LogP contribution in [0.3, 0.4) is 0 Å². The molecular formula is C18H32N4O2S. The van der Waals surface area contributed by atoms with E-state index in [4.69, 9.17) is 0 Å². The summed E-state index contributed by atoms with van der Waals surface area (Å²) in [6.07, 6.45) is 8.06. The minimum atomic E-state index is -3.50. The first-order valence-corrected chi connectivity index (χ1v) is 10.7. The summed E-state index contributed by atoms with van der Waals surface area (Å²) < 4.78 is 27.4. The summed E-state index contributed by atoms with van der Waals surface area (Å²) in [6, 6.07) is 3.29. The molecule has 0 saturated heterocycles. The molecule has 1 aromatic heterocycles. The Morgan fingerprint density at radius 3 is 2.48 bits per heavy atom. The maximum absolute atomic E-state index is 12.4. The van der Waals surface area contributed by atoms with Crippen molar-refractivity contribution in [3.63, 3.8) is 0 Å². The van der Waals surface area contributed by atoms with Gasteiger partial charge < -0.3 is 10.2 Å². The van der Waals surface area contributed by atoms with E-state index in [0.717, 1.165) is 19.4 Å². The van der Waals surface area contributed by atoms with Crippen LogP contribution >= 0.6 is 0 Å². The number of sulfonamides is 1. The maximum atomic E-state index is 12.4. The molecular weight excluding hydrogens is 336 g/mol. The Morgan fingerprint density at radius 2 is 1.96 bits per heavy atom. The van der Waals surface area contributed by atoms with Gasteiger partial charge in [0.2, 0.25) is 10.0 Å². The van der Waals surface area contributed by atoms with Crippen molar-refractivity contribution in [2.45, 2.75) is 68.8 Å². The van der Waals surface area contributed by atoms with Crippen molar-refractivity contribution in [1.82, 2.24) is 14.6 Å². The normalized spacial score (nSPS) is 18.4. The fraction of sp³-hybridized carbons (Fsp3) is 0.722. The lowest BCUT2D eigenvalue weighted by molar-refractivity contribution is 0.172. The summed E-state index contributed by atoms with van der Waals surface area (Å²) in [7, 11) is 0.745. The lowest BCUT2D eigenvalue weighted by Gasteiger charge is -2.36. The summed E-state index contributed by atoms with van der Waals surface area (Å²) in [5, 5.41) is 3.38. The Morgan fingerprint density at radius 1 is 1.28 bits per heavy atom. The minimum Gasteiger partial charge on any atom is -0.368 e. The molecule has 1 fully saturated rings. The molecule has 142 valence electrons. The summed E-state index contributed by atoms with van der Waals surface area (Å²) in [6.45, 7) is 4.75. The second-order valence-electron chi connectivity index (χ2n) is 7.37. The molecule has 25 heavy (non-hydrogen) atoms. The summed E-state index contributed by atoms with van der Waals surface area (Å²) in [5.74, 6) is 0.716. The zero-order chi connectivity index (χ0) is 18.5. The second kappa shape index (κ2) is 8.47. The molecule has 1 heterocycles. The average Bonchev–Trinajstić information content (AvgIpc) is 3.03. The van der Waals surface area contributed by atoms with Gasteiger partial charge in [-0.3, -0.25) is 0 Å². The van der Waals surface area contributed by atoms with Gasteiger partial charge in [-0.05, 0) is 52.4 Å². The topological polar surface area (TPSA) is 74.3 Å². The van der Waals surface area contributed by atoms with Crippen LogP contribution in [-0.4, -0.2) is 50.5 Å². The average molecular weight is 369 g/mol. The third kappa shape index (κ3) is 5.15. The molecule has 1 aliphatic carbocycles. The van der Waals surface area contributed by atoms with Crippen LogP contribution in [0, 0.1) is 0 Å². The van der Waals surface area contributed by atoms with Crippen molar-refractivity contribution in [3.8, 4) is 0 Å². The highest BCUT2D eigenvalue weighted by molar-refractivity contribution is 7.89. The molecule has 0 spiro atoms. The molecule has 0 radical (unpaired) electrons. The van der Waals surface area contributed by atoms with Crippen molar-refractivity contribution in [2.24, 2.45) is 0 Å². The van der Waals surface area contributed by atoms with Gasteiger partial charge >= 0.3 is 0 Å². The lowest BCUT2D eigenvalue weighted by atomic mass is 9.96. The number of anilines is 1. The molecule has 2 rings (SSSR count). The number of hydrogen-bond donors (Lipinski definition) is 2. The summed E-state index contributed by atoms with van der Waals surface area (Å²) in [4.78, 5) is 6.81. The van der Waals surface area contributed by atoms with Crippen LogP contribution in [0.2, 0.25) is 0 Å². The SMILES string of the molecule is CCCC(C)NS(=O)(=O)c1ccc(NCC2(N(C)C)CCCC2)nc1. The monoisotopic (exact) mass is 368 g/mol. The molecule has 1 saturated carbocycles. The van der Waals surface area contributed by atoms with Gasteiger partial charge in [-0.1, -0.05) is 26.2 Å². The van der Waals surface area contributed by atoms with E-state index in [0.29, 0.717) is 5.82 Å². The van der Waals surface area contributed by atoms with E-state index in [1.165, 1.54) is 31.9 Å². The van der Waals surface area contributed by atoms with Crippen molar-refractivity contribution in [1.29, 1.82) is 0 Å². The lowest BCUT2D eigenvalue weighted by Crippen LogP contribution is -2.47. The van der Waals surface area contributed by atoms with Crippen LogP contribution in [-0.2, 0) is 10.0 Å².